The summed E-state index contributed by atoms with van der Waals surface area (Å²) in [5, 5.41) is 0. The number of rotatable bonds is 2. The number of hydrogen-bond acceptors (Lipinski definition) is 1. The maximum Gasteiger partial charge on any atom is 0.177 e. The summed E-state index contributed by atoms with van der Waals surface area (Å²) in [5.41, 5.74) is 2.19. The van der Waals surface area contributed by atoms with Crippen molar-refractivity contribution in [3.63, 3.8) is 0 Å². The van der Waals surface area contributed by atoms with Crippen molar-refractivity contribution < 1.29 is 4.39 Å². The fraction of sp³-hybridized carbons (Fsp3) is 0.400. The van der Waals surface area contributed by atoms with E-state index in [-0.39, 0.29) is 17.3 Å². The summed E-state index contributed by atoms with van der Waals surface area (Å²) < 4.78 is 15.8. The minimum Gasteiger partial charge on any atom is -0.337 e. The van der Waals surface area contributed by atoms with E-state index < -0.39 is 0 Å². The molecule has 1 N–H and O–H groups in total. The number of aromatic amines is 1. The van der Waals surface area contributed by atoms with E-state index in [1.807, 2.05) is 6.20 Å². The maximum absolute atomic E-state index is 13.0. The van der Waals surface area contributed by atoms with E-state index in [9.17, 15) is 4.39 Å². The van der Waals surface area contributed by atoms with Crippen LogP contribution in [0.1, 0.15) is 45.0 Å². The molecule has 4 heteroatoms. The molecule has 2 aromatic rings. The summed E-state index contributed by atoms with van der Waals surface area (Å²) >= 11 is 5.38. The number of benzene rings is 1. The lowest BCUT2D eigenvalue weighted by atomic mass is 9.92. The predicted octanol–water partition coefficient (Wildman–Crippen LogP) is 4.59. The molecule has 102 valence electrons. The van der Waals surface area contributed by atoms with E-state index in [4.69, 9.17) is 12.2 Å². The molecule has 2 nitrogen and oxygen atoms in total. The van der Waals surface area contributed by atoms with Gasteiger partial charge in [-0.3, -0.25) is 0 Å². The Balaban J connectivity index is 2.50. The molecular weight excluding hydrogens is 259 g/mol. The molecule has 1 aromatic heterocycles. The van der Waals surface area contributed by atoms with Crippen LogP contribution >= 0.6 is 12.2 Å². The van der Waals surface area contributed by atoms with Gasteiger partial charge in [0, 0.05) is 17.3 Å². The van der Waals surface area contributed by atoms with Crippen molar-refractivity contribution in [1.29, 1.82) is 0 Å². The molecule has 2 rings (SSSR count). The second-order valence-corrected chi connectivity index (χ2v) is 6.21. The van der Waals surface area contributed by atoms with Crippen LogP contribution in [0.5, 0.6) is 0 Å². The topological polar surface area (TPSA) is 20.7 Å². The maximum atomic E-state index is 13.0. The Hall–Kier alpha value is -1.42. The Kier molecular flexibility index (Phi) is 3.63. The Labute approximate surface area is 118 Å². The highest BCUT2D eigenvalue weighted by atomic mass is 32.1. The number of aromatic nitrogens is 2. The van der Waals surface area contributed by atoms with Gasteiger partial charge in [0.25, 0.3) is 0 Å². The van der Waals surface area contributed by atoms with E-state index in [0.717, 1.165) is 11.3 Å². The van der Waals surface area contributed by atoms with Gasteiger partial charge in [0.2, 0.25) is 0 Å². The zero-order valence-electron chi connectivity index (χ0n) is 11.7. The van der Waals surface area contributed by atoms with Crippen molar-refractivity contribution in [3.05, 3.63) is 52.3 Å². The molecule has 0 aliphatic rings. The Morgan fingerprint density at radius 3 is 2.32 bits per heavy atom. The second kappa shape index (κ2) is 4.93. The highest BCUT2D eigenvalue weighted by Crippen LogP contribution is 2.28. The van der Waals surface area contributed by atoms with Crippen LogP contribution in [0.15, 0.2) is 30.5 Å². The zero-order chi connectivity index (χ0) is 14.2. The first-order chi connectivity index (χ1) is 8.80. The van der Waals surface area contributed by atoms with Crippen molar-refractivity contribution in [2.75, 3.05) is 0 Å². The van der Waals surface area contributed by atoms with Crippen molar-refractivity contribution in [2.45, 2.75) is 39.2 Å². The molecule has 1 unspecified atom stereocenters. The van der Waals surface area contributed by atoms with Crippen LogP contribution in [0, 0.1) is 10.6 Å². The molecule has 0 aliphatic carbocycles. The van der Waals surface area contributed by atoms with Gasteiger partial charge in [-0.05, 0) is 36.8 Å². The largest absolute Gasteiger partial charge is 0.337 e. The Morgan fingerprint density at radius 2 is 1.79 bits per heavy atom. The monoisotopic (exact) mass is 278 g/mol. The van der Waals surface area contributed by atoms with Crippen molar-refractivity contribution in [3.8, 4) is 0 Å². The van der Waals surface area contributed by atoms with E-state index in [1.165, 1.54) is 12.1 Å². The SMILES string of the molecule is CC(c1ccc(F)cc1)n1c(C(C)(C)C)c[nH]c1=S. The molecule has 0 aliphatic heterocycles. The van der Waals surface area contributed by atoms with Crippen LogP contribution in [-0.4, -0.2) is 9.55 Å². The van der Waals surface area contributed by atoms with Crippen LogP contribution in [0.25, 0.3) is 0 Å². The number of halogens is 1. The van der Waals surface area contributed by atoms with Crippen LogP contribution in [-0.2, 0) is 5.41 Å². The molecule has 1 atom stereocenters. The van der Waals surface area contributed by atoms with Gasteiger partial charge in [0.1, 0.15) is 5.82 Å². The molecular formula is C15H19FN2S. The third kappa shape index (κ3) is 2.78. The summed E-state index contributed by atoms with van der Waals surface area (Å²) in [6, 6.07) is 6.66. The van der Waals surface area contributed by atoms with Crippen molar-refractivity contribution >= 4 is 12.2 Å². The quantitative estimate of drug-likeness (QED) is 0.797. The molecule has 0 saturated carbocycles. The molecule has 19 heavy (non-hydrogen) atoms. The lowest BCUT2D eigenvalue weighted by Crippen LogP contribution is -2.20. The summed E-state index contributed by atoms with van der Waals surface area (Å²) in [4.78, 5) is 3.11. The minimum atomic E-state index is -0.218. The summed E-state index contributed by atoms with van der Waals surface area (Å²) in [5.74, 6) is -0.218. The first kappa shape index (κ1) is 14.0. The number of nitrogens with zero attached hydrogens (tertiary/aromatic N) is 1. The predicted molar refractivity (Wildman–Crippen MR) is 78.5 cm³/mol. The molecule has 0 spiro atoms. The molecule has 0 bridgehead atoms. The smallest absolute Gasteiger partial charge is 0.177 e. The van der Waals surface area contributed by atoms with Crippen molar-refractivity contribution in [2.24, 2.45) is 0 Å². The van der Waals surface area contributed by atoms with Gasteiger partial charge in [-0.1, -0.05) is 32.9 Å². The average molecular weight is 278 g/mol. The van der Waals surface area contributed by atoms with Gasteiger partial charge in [-0.2, -0.15) is 0 Å². The highest BCUT2D eigenvalue weighted by molar-refractivity contribution is 7.71. The number of H-pyrrole nitrogens is 1. The molecule has 1 aromatic carbocycles. The zero-order valence-corrected chi connectivity index (χ0v) is 12.5. The summed E-state index contributed by atoms with van der Waals surface area (Å²) in [6.07, 6.45) is 1.96. The van der Waals surface area contributed by atoms with Gasteiger partial charge in [0.15, 0.2) is 4.77 Å². The molecule has 0 fully saturated rings. The van der Waals surface area contributed by atoms with Gasteiger partial charge >= 0.3 is 0 Å². The Bertz CT molecular complexity index is 617. The van der Waals surface area contributed by atoms with E-state index in [0.29, 0.717) is 4.77 Å². The van der Waals surface area contributed by atoms with Crippen LogP contribution in [0.4, 0.5) is 4.39 Å². The molecule has 1 heterocycles. The van der Waals surface area contributed by atoms with Gasteiger partial charge in [-0.25, -0.2) is 4.39 Å². The van der Waals surface area contributed by atoms with Gasteiger partial charge < -0.3 is 9.55 Å². The van der Waals surface area contributed by atoms with Crippen LogP contribution in [0.2, 0.25) is 0 Å². The van der Waals surface area contributed by atoms with E-state index >= 15 is 0 Å². The first-order valence-electron chi connectivity index (χ1n) is 6.36. The van der Waals surface area contributed by atoms with E-state index in [1.54, 1.807) is 12.1 Å². The average Bonchev–Trinajstić information content (AvgIpc) is 2.71. The number of nitrogens with one attached hydrogen (secondary N) is 1. The van der Waals surface area contributed by atoms with Gasteiger partial charge in [-0.15, -0.1) is 0 Å². The van der Waals surface area contributed by atoms with Crippen molar-refractivity contribution in [1.82, 2.24) is 9.55 Å². The summed E-state index contributed by atoms with van der Waals surface area (Å²) in [6.45, 7) is 8.53. The highest BCUT2D eigenvalue weighted by Gasteiger charge is 2.22. The fourth-order valence-corrected chi connectivity index (χ4v) is 2.55. The fourth-order valence-electron chi connectivity index (χ4n) is 2.23. The third-order valence-corrected chi connectivity index (χ3v) is 3.63. The van der Waals surface area contributed by atoms with Gasteiger partial charge in [0.05, 0.1) is 6.04 Å². The molecule has 0 saturated heterocycles. The Morgan fingerprint density at radius 1 is 1.21 bits per heavy atom. The van der Waals surface area contributed by atoms with Crippen LogP contribution in [0.3, 0.4) is 0 Å². The third-order valence-electron chi connectivity index (χ3n) is 3.32. The van der Waals surface area contributed by atoms with E-state index in [2.05, 4.69) is 37.2 Å². The summed E-state index contributed by atoms with van der Waals surface area (Å²) in [7, 11) is 0. The molecule has 0 radical (unpaired) electrons. The molecule has 0 amide bonds. The first-order valence-corrected chi connectivity index (χ1v) is 6.77. The standard InChI is InChI=1S/C15H19FN2S/c1-10(11-5-7-12(16)8-6-11)18-13(15(2,3)4)9-17-14(18)19/h5-10H,1-4H3,(H,17,19). The van der Waals surface area contributed by atoms with Crippen LogP contribution < -0.4 is 0 Å². The number of hydrogen-bond donors (Lipinski definition) is 1. The second-order valence-electron chi connectivity index (χ2n) is 5.83. The lowest BCUT2D eigenvalue weighted by molar-refractivity contribution is 0.494. The lowest BCUT2D eigenvalue weighted by Gasteiger charge is -2.25. The normalized spacial score (nSPS) is 13.5. The minimum absolute atomic E-state index is 0.00184. The number of imidazole rings is 1.